The van der Waals surface area contributed by atoms with Gasteiger partial charge in [0.25, 0.3) is 0 Å². The van der Waals surface area contributed by atoms with Crippen molar-refractivity contribution in [3.63, 3.8) is 0 Å². The molecule has 0 aromatic carbocycles. The Morgan fingerprint density at radius 1 is 0.778 bits per heavy atom. The van der Waals surface area contributed by atoms with Crippen LogP contribution in [-0.4, -0.2) is 58.6 Å². The van der Waals surface area contributed by atoms with E-state index in [1.807, 2.05) is 27.7 Å². The second-order valence-corrected chi connectivity index (χ2v) is 8.54. The average Bonchev–Trinajstić information content (AvgIpc) is 3.22. The third-order valence-corrected chi connectivity index (χ3v) is 5.16. The molecule has 27 heavy (non-hydrogen) atoms. The van der Waals surface area contributed by atoms with Gasteiger partial charge in [0.15, 0.2) is 0 Å². The molecule has 7 heteroatoms. The largest absolute Gasteiger partial charge is 0.331 e. The van der Waals surface area contributed by atoms with Crippen LogP contribution in [0.5, 0.6) is 0 Å². The van der Waals surface area contributed by atoms with Crippen LogP contribution in [0.4, 0.5) is 0 Å². The molecule has 2 fully saturated rings. The second kappa shape index (κ2) is 9.33. The summed E-state index contributed by atoms with van der Waals surface area (Å²) in [6.45, 7) is 8.98. The molecular weight excluding hydrogens is 346 g/mol. The number of hydrogen-bond acceptors (Lipinski definition) is 4. The smallest absolute Gasteiger partial charge is 0.249 e. The Balaban J connectivity index is 1.96. The lowest BCUT2D eigenvalue weighted by atomic mass is 10.1. The van der Waals surface area contributed by atoms with E-state index in [0.29, 0.717) is 38.8 Å². The van der Waals surface area contributed by atoms with E-state index < -0.39 is 23.9 Å². The molecule has 0 bridgehead atoms. The highest BCUT2D eigenvalue weighted by Gasteiger charge is 2.38. The normalized spacial score (nSPS) is 22.6. The lowest BCUT2D eigenvalue weighted by Gasteiger charge is -2.27. The van der Waals surface area contributed by atoms with Crippen LogP contribution in [0.3, 0.4) is 0 Å². The van der Waals surface area contributed by atoms with Crippen LogP contribution in [0.15, 0.2) is 0 Å². The molecule has 1 N–H and O–H groups in total. The van der Waals surface area contributed by atoms with E-state index in [4.69, 9.17) is 0 Å². The van der Waals surface area contributed by atoms with Gasteiger partial charge in [-0.15, -0.1) is 0 Å². The highest BCUT2D eigenvalue weighted by Crippen LogP contribution is 2.22. The van der Waals surface area contributed by atoms with Crippen molar-refractivity contribution >= 4 is 23.6 Å². The Morgan fingerprint density at radius 2 is 1.15 bits per heavy atom. The quantitative estimate of drug-likeness (QED) is 0.712. The maximum absolute atomic E-state index is 12.6. The molecule has 0 spiro atoms. The molecule has 2 atom stereocenters. The predicted molar refractivity (Wildman–Crippen MR) is 102 cm³/mol. The maximum Gasteiger partial charge on any atom is 0.249 e. The van der Waals surface area contributed by atoms with Crippen LogP contribution in [-0.2, 0) is 19.2 Å². The average molecular weight is 380 g/mol. The fourth-order valence-electron chi connectivity index (χ4n) is 3.90. The van der Waals surface area contributed by atoms with Crippen molar-refractivity contribution in [2.24, 2.45) is 11.8 Å². The first-order chi connectivity index (χ1) is 12.7. The Bertz CT molecular complexity index is 538. The molecule has 0 aromatic rings. The van der Waals surface area contributed by atoms with Gasteiger partial charge in [-0.3, -0.25) is 24.5 Å². The van der Waals surface area contributed by atoms with Crippen LogP contribution >= 0.6 is 0 Å². The molecule has 4 amide bonds. The molecular formula is C20H33N3O4. The van der Waals surface area contributed by atoms with E-state index in [0.717, 1.165) is 12.8 Å². The SMILES string of the molecule is CC(C)CC(=O)N1CCCC1C(=O)NC(=O)C1CCCN1C(=O)CC(C)C. The molecule has 2 saturated heterocycles. The predicted octanol–water partition coefficient (Wildman–Crippen LogP) is 1.70. The van der Waals surface area contributed by atoms with Crippen LogP contribution < -0.4 is 5.32 Å². The Morgan fingerprint density at radius 3 is 1.48 bits per heavy atom. The summed E-state index contributed by atoms with van der Waals surface area (Å²) in [6, 6.07) is -1.16. The first kappa shape index (κ1) is 21.4. The number of imide groups is 1. The van der Waals surface area contributed by atoms with Crippen molar-refractivity contribution in [3.05, 3.63) is 0 Å². The zero-order valence-electron chi connectivity index (χ0n) is 17.0. The minimum Gasteiger partial charge on any atom is -0.331 e. The Labute approximate surface area is 161 Å². The van der Waals surface area contributed by atoms with Crippen LogP contribution in [0.2, 0.25) is 0 Å². The van der Waals surface area contributed by atoms with Gasteiger partial charge in [0.05, 0.1) is 0 Å². The highest BCUT2D eigenvalue weighted by molar-refractivity contribution is 6.02. The van der Waals surface area contributed by atoms with E-state index in [9.17, 15) is 19.2 Å². The minimum atomic E-state index is -0.582. The van der Waals surface area contributed by atoms with Gasteiger partial charge in [-0.05, 0) is 37.5 Å². The van der Waals surface area contributed by atoms with E-state index in [1.165, 1.54) is 0 Å². The lowest BCUT2D eigenvalue weighted by Crippen LogP contribution is -2.53. The number of carbonyl (C=O) groups is 4. The third-order valence-electron chi connectivity index (χ3n) is 5.16. The molecule has 0 aromatic heterocycles. The summed E-state index contributed by atoms with van der Waals surface area (Å²) < 4.78 is 0. The van der Waals surface area contributed by atoms with Gasteiger partial charge in [0, 0.05) is 25.9 Å². The number of amides is 4. The third kappa shape index (κ3) is 5.53. The second-order valence-electron chi connectivity index (χ2n) is 8.54. The summed E-state index contributed by atoms with van der Waals surface area (Å²) in [5.41, 5.74) is 0. The number of hydrogen-bond donors (Lipinski definition) is 1. The molecule has 2 unspecified atom stereocenters. The number of likely N-dealkylation sites (tertiary alicyclic amines) is 2. The van der Waals surface area contributed by atoms with Gasteiger partial charge in [-0.25, -0.2) is 0 Å². The van der Waals surface area contributed by atoms with Crippen molar-refractivity contribution in [1.29, 1.82) is 0 Å². The minimum absolute atomic E-state index is 0.0373. The van der Waals surface area contributed by atoms with Crippen LogP contribution in [0, 0.1) is 11.8 Å². The zero-order valence-corrected chi connectivity index (χ0v) is 17.0. The summed E-state index contributed by atoms with van der Waals surface area (Å²) in [4.78, 5) is 53.2. The summed E-state index contributed by atoms with van der Waals surface area (Å²) in [7, 11) is 0. The monoisotopic (exact) mass is 379 g/mol. The topological polar surface area (TPSA) is 86.8 Å². The number of nitrogens with one attached hydrogen (secondary N) is 1. The molecule has 0 aliphatic carbocycles. The molecule has 152 valence electrons. The van der Waals surface area contributed by atoms with Gasteiger partial charge in [-0.2, -0.15) is 0 Å². The summed E-state index contributed by atoms with van der Waals surface area (Å²) in [6.07, 6.45) is 3.47. The van der Waals surface area contributed by atoms with Gasteiger partial charge >= 0.3 is 0 Å². The maximum atomic E-state index is 12.6. The zero-order chi connectivity index (χ0) is 20.1. The van der Waals surface area contributed by atoms with E-state index >= 15 is 0 Å². The molecule has 2 aliphatic heterocycles. The summed E-state index contributed by atoms with van der Waals surface area (Å²) in [5, 5.41) is 2.47. The number of nitrogens with zero attached hydrogens (tertiary/aromatic N) is 2. The van der Waals surface area contributed by atoms with Crippen molar-refractivity contribution in [2.75, 3.05) is 13.1 Å². The number of rotatable bonds is 6. The van der Waals surface area contributed by atoms with Gasteiger partial charge in [-0.1, -0.05) is 27.7 Å². The van der Waals surface area contributed by atoms with Gasteiger partial charge in [0.2, 0.25) is 23.6 Å². The lowest BCUT2D eigenvalue weighted by molar-refractivity contribution is -0.144. The van der Waals surface area contributed by atoms with Crippen LogP contribution in [0.25, 0.3) is 0 Å². The van der Waals surface area contributed by atoms with Crippen LogP contribution in [0.1, 0.15) is 66.2 Å². The fraction of sp³-hybridized carbons (Fsp3) is 0.800. The van der Waals surface area contributed by atoms with Crippen molar-refractivity contribution in [3.8, 4) is 0 Å². The fourth-order valence-corrected chi connectivity index (χ4v) is 3.90. The molecule has 0 radical (unpaired) electrons. The highest BCUT2D eigenvalue weighted by atomic mass is 16.2. The van der Waals surface area contributed by atoms with Crippen molar-refractivity contribution in [1.82, 2.24) is 15.1 Å². The van der Waals surface area contributed by atoms with Gasteiger partial charge in [0.1, 0.15) is 12.1 Å². The molecule has 2 rings (SSSR count). The molecule has 0 saturated carbocycles. The van der Waals surface area contributed by atoms with Crippen molar-refractivity contribution in [2.45, 2.75) is 78.3 Å². The van der Waals surface area contributed by atoms with Crippen molar-refractivity contribution < 1.29 is 19.2 Å². The summed E-state index contributed by atoms with van der Waals surface area (Å²) >= 11 is 0. The van der Waals surface area contributed by atoms with E-state index in [1.54, 1.807) is 9.80 Å². The first-order valence-electron chi connectivity index (χ1n) is 10.1. The Hall–Kier alpha value is -1.92. The summed E-state index contributed by atoms with van der Waals surface area (Å²) in [5.74, 6) is -0.463. The molecule has 2 heterocycles. The Kier molecular flexibility index (Phi) is 7.39. The number of carbonyl (C=O) groups excluding carboxylic acids is 4. The standard InChI is InChI=1S/C20H33N3O4/c1-13(2)11-17(24)22-9-5-7-15(22)19(26)21-20(27)16-8-6-10-23(16)18(25)12-14(3)4/h13-16H,5-12H2,1-4H3,(H,21,26,27). The molecule has 2 aliphatic rings. The van der Waals surface area contributed by atoms with Gasteiger partial charge < -0.3 is 9.80 Å². The molecule has 7 nitrogen and oxygen atoms in total. The van der Waals surface area contributed by atoms with E-state index in [2.05, 4.69) is 5.32 Å². The first-order valence-corrected chi connectivity index (χ1v) is 10.1. The van der Waals surface area contributed by atoms with E-state index in [-0.39, 0.29) is 23.7 Å².